The highest BCUT2D eigenvalue weighted by atomic mass is 35.5. The molecule has 0 saturated heterocycles. The van der Waals surface area contributed by atoms with Crippen LogP contribution < -0.4 is 11.1 Å². The Labute approximate surface area is 171 Å². The Balaban J connectivity index is 0.00000210. The van der Waals surface area contributed by atoms with Crippen LogP contribution >= 0.6 is 24.0 Å². The third-order valence-electron chi connectivity index (χ3n) is 5.86. The lowest BCUT2D eigenvalue weighted by Gasteiger charge is -2.45. The molecule has 3 N–H and O–H groups in total. The monoisotopic (exact) mass is 408 g/mol. The molecule has 2 aliphatic carbocycles. The Morgan fingerprint density at radius 1 is 1.26 bits per heavy atom. The molecule has 7 heteroatoms. The summed E-state index contributed by atoms with van der Waals surface area (Å²) in [7, 11) is 0. The van der Waals surface area contributed by atoms with Crippen molar-refractivity contribution in [3.05, 3.63) is 52.8 Å². The summed E-state index contributed by atoms with van der Waals surface area (Å²) in [6, 6.07) is 8.22. The molecule has 2 aromatic rings. The van der Waals surface area contributed by atoms with Gasteiger partial charge in [0.25, 0.3) is 5.91 Å². The number of aromatic nitrogens is 2. The van der Waals surface area contributed by atoms with Crippen molar-refractivity contribution < 1.29 is 4.79 Å². The number of nitrogens with zero attached hydrogens (tertiary/aromatic N) is 2. The molecule has 1 aromatic carbocycles. The van der Waals surface area contributed by atoms with Crippen molar-refractivity contribution in [3.8, 4) is 0 Å². The molecule has 0 aliphatic heterocycles. The molecular weight excluding hydrogens is 383 g/mol. The van der Waals surface area contributed by atoms with Crippen LogP contribution in [0.3, 0.4) is 0 Å². The van der Waals surface area contributed by atoms with E-state index in [4.69, 9.17) is 17.3 Å². The van der Waals surface area contributed by atoms with Gasteiger partial charge in [0.15, 0.2) is 0 Å². The van der Waals surface area contributed by atoms with Crippen molar-refractivity contribution in [1.82, 2.24) is 15.1 Å². The van der Waals surface area contributed by atoms with E-state index in [1.165, 1.54) is 19.3 Å². The maximum atomic E-state index is 12.7. The van der Waals surface area contributed by atoms with E-state index in [9.17, 15) is 4.79 Å². The zero-order valence-electron chi connectivity index (χ0n) is 15.2. The molecule has 2 fully saturated rings. The third-order valence-corrected chi connectivity index (χ3v) is 6.23. The lowest BCUT2D eigenvalue weighted by molar-refractivity contribution is 0.0756. The van der Waals surface area contributed by atoms with E-state index in [0.29, 0.717) is 29.0 Å². The van der Waals surface area contributed by atoms with Crippen molar-refractivity contribution >= 4 is 29.9 Å². The Bertz CT molecular complexity index is 780. The molecule has 4 rings (SSSR count). The van der Waals surface area contributed by atoms with Crippen LogP contribution in [0.15, 0.2) is 36.7 Å². The average Bonchev–Trinajstić information content (AvgIpc) is 3.06. The topological polar surface area (TPSA) is 72.9 Å². The number of rotatable bonds is 4. The summed E-state index contributed by atoms with van der Waals surface area (Å²) in [5, 5.41) is 8.31. The lowest BCUT2D eigenvalue weighted by Crippen LogP contribution is -2.53. The molecule has 0 radical (unpaired) electrons. The van der Waals surface area contributed by atoms with Gasteiger partial charge in [-0.2, -0.15) is 5.10 Å². The van der Waals surface area contributed by atoms with Gasteiger partial charge in [0.2, 0.25) is 0 Å². The number of hydrogen-bond acceptors (Lipinski definition) is 3. The van der Waals surface area contributed by atoms with Crippen LogP contribution in [0.2, 0.25) is 5.02 Å². The standard InChI is InChI=1S/C20H25ClN4O.ClH/c21-18-7-2-1-4-15(18)11-25-12-16(10-23-25)20(26)24-19-13-5-3-6-14(19)9-17(22)8-13;/h1-2,4,7,10,12-14,17,19H,3,5-6,8-9,11,22H2,(H,24,26);1H. The molecule has 146 valence electrons. The minimum Gasteiger partial charge on any atom is -0.349 e. The molecule has 2 atom stereocenters. The second kappa shape index (κ2) is 8.63. The average molecular weight is 409 g/mol. The predicted octanol–water partition coefficient (Wildman–Crippen LogP) is 3.64. The van der Waals surface area contributed by atoms with E-state index < -0.39 is 0 Å². The van der Waals surface area contributed by atoms with Crippen molar-refractivity contribution in [2.24, 2.45) is 17.6 Å². The molecule has 2 aliphatic rings. The van der Waals surface area contributed by atoms with Crippen LogP contribution in [-0.2, 0) is 6.54 Å². The summed E-state index contributed by atoms with van der Waals surface area (Å²) >= 11 is 6.21. The van der Waals surface area contributed by atoms with E-state index in [0.717, 1.165) is 18.4 Å². The van der Waals surface area contributed by atoms with E-state index >= 15 is 0 Å². The van der Waals surface area contributed by atoms with Gasteiger partial charge in [-0.1, -0.05) is 36.2 Å². The fraction of sp³-hybridized carbons (Fsp3) is 0.500. The van der Waals surface area contributed by atoms with Gasteiger partial charge in [0, 0.05) is 23.3 Å². The highest BCUT2D eigenvalue weighted by molar-refractivity contribution is 6.31. The summed E-state index contributed by atoms with van der Waals surface area (Å²) in [5.74, 6) is 0.993. The van der Waals surface area contributed by atoms with Gasteiger partial charge in [-0.25, -0.2) is 0 Å². The summed E-state index contributed by atoms with van der Waals surface area (Å²) in [5.41, 5.74) is 7.77. The highest BCUT2D eigenvalue weighted by Crippen LogP contribution is 2.39. The van der Waals surface area contributed by atoms with Crippen LogP contribution in [0, 0.1) is 11.8 Å². The number of halogens is 2. The largest absolute Gasteiger partial charge is 0.349 e. The predicted molar refractivity (Wildman–Crippen MR) is 109 cm³/mol. The van der Waals surface area contributed by atoms with Gasteiger partial charge in [-0.15, -0.1) is 12.4 Å². The Morgan fingerprint density at radius 3 is 2.67 bits per heavy atom. The van der Waals surface area contributed by atoms with Gasteiger partial charge < -0.3 is 11.1 Å². The number of nitrogens with one attached hydrogen (secondary N) is 1. The molecule has 1 heterocycles. The number of fused-ring (bicyclic) bond motifs is 2. The van der Waals surface area contributed by atoms with E-state index in [-0.39, 0.29) is 30.4 Å². The summed E-state index contributed by atoms with van der Waals surface area (Å²) in [6.07, 6.45) is 9.06. The first-order valence-corrected chi connectivity index (χ1v) is 9.80. The molecule has 5 nitrogen and oxygen atoms in total. The van der Waals surface area contributed by atoms with Crippen molar-refractivity contribution in [2.75, 3.05) is 0 Å². The Morgan fingerprint density at radius 2 is 1.96 bits per heavy atom. The first kappa shape index (κ1) is 20.2. The smallest absolute Gasteiger partial charge is 0.254 e. The molecule has 0 spiro atoms. The van der Waals surface area contributed by atoms with Crippen molar-refractivity contribution in [3.63, 3.8) is 0 Å². The number of carbonyl (C=O) groups is 1. The van der Waals surface area contributed by atoms with Gasteiger partial charge in [0.05, 0.1) is 18.3 Å². The molecule has 2 saturated carbocycles. The SMILES string of the molecule is Cl.NC1CC2CCCC(C1)C2NC(=O)c1cnn(Cc2ccccc2Cl)c1. The number of hydrogen-bond donors (Lipinski definition) is 2. The number of nitrogens with two attached hydrogens (primary N) is 1. The normalized spacial score (nSPS) is 26.9. The minimum absolute atomic E-state index is 0. The number of carbonyl (C=O) groups excluding carboxylic acids is 1. The first-order chi connectivity index (χ1) is 12.6. The first-order valence-electron chi connectivity index (χ1n) is 9.42. The number of benzene rings is 1. The zero-order valence-corrected chi connectivity index (χ0v) is 16.8. The zero-order chi connectivity index (χ0) is 18.1. The van der Waals surface area contributed by atoms with Crippen LogP contribution in [0.4, 0.5) is 0 Å². The van der Waals surface area contributed by atoms with E-state index in [1.807, 2.05) is 24.3 Å². The minimum atomic E-state index is -0.0345. The second-order valence-electron chi connectivity index (χ2n) is 7.70. The second-order valence-corrected chi connectivity index (χ2v) is 8.11. The summed E-state index contributed by atoms with van der Waals surface area (Å²) < 4.78 is 1.76. The maximum Gasteiger partial charge on any atom is 0.254 e. The van der Waals surface area contributed by atoms with Gasteiger partial charge in [-0.3, -0.25) is 9.48 Å². The van der Waals surface area contributed by atoms with E-state index in [1.54, 1.807) is 17.1 Å². The molecular formula is C20H26Cl2N4O. The Hall–Kier alpha value is -1.56. The van der Waals surface area contributed by atoms with Crippen molar-refractivity contribution in [2.45, 2.75) is 50.7 Å². The third kappa shape index (κ3) is 4.48. The molecule has 2 unspecified atom stereocenters. The quantitative estimate of drug-likeness (QED) is 0.810. The van der Waals surface area contributed by atoms with Gasteiger partial charge in [0.1, 0.15) is 0 Å². The molecule has 1 amide bonds. The van der Waals surface area contributed by atoms with Gasteiger partial charge in [-0.05, 0) is 49.1 Å². The highest BCUT2D eigenvalue weighted by Gasteiger charge is 2.40. The fourth-order valence-electron chi connectivity index (χ4n) is 4.63. The molecule has 2 bridgehead atoms. The summed E-state index contributed by atoms with van der Waals surface area (Å²) in [4.78, 5) is 12.7. The number of amides is 1. The van der Waals surface area contributed by atoms with Crippen LogP contribution in [0.1, 0.15) is 48.0 Å². The van der Waals surface area contributed by atoms with E-state index in [2.05, 4.69) is 10.4 Å². The van der Waals surface area contributed by atoms with Crippen molar-refractivity contribution in [1.29, 1.82) is 0 Å². The summed E-state index contributed by atoms with van der Waals surface area (Å²) in [6.45, 7) is 0.552. The van der Waals surface area contributed by atoms with Crippen LogP contribution in [0.25, 0.3) is 0 Å². The molecule has 1 aromatic heterocycles. The molecule has 27 heavy (non-hydrogen) atoms. The maximum absolute atomic E-state index is 12.7. The Kier molecular flexibility index (Phi) is 6.45. The van der Waals surface area contributed by atoms with Gasteiger partial charge >= 0.3 is 0 Å². The van der Waals surface area contributed by atoms with Crippen LogP contribution in [0.5, 0.6) is 0 Å². The van der Waals surface area contributed by atoms with Crippen LogP contribution in [-0.4, -0.2) is 27.8 Å². The lowest BCUT2D eigenvalue weighted by atomic mass is 9.67. The fourth-order valence-corrected chi connectivity index (χ4v) is 4.82.